The molecule has 1 N–H and O–H groups in total. The molecule has 0 radical (unpaired) electrons. The van der Waals surface area contributed by atoms with Crippen LogP contribution in [0.25, 0.3) is 0 Å². The number of aromatic nitrogens is 1. The number of carbonyl (C=O) groups excluding carboxylic acids is 1. The van der Waals surface area contributed by atoms with Gasteiger partial charge in [-0.15, -0.1) is 11.8 Å². The number of amides is 1. The van der Waals surface area contributed by atoms with Crippen molar-refractivity contribution in [1.29, 1.82) is 0 Å². The second-order valence-corrected chi connectivity index (χ2v) is 6.82. The fraction of sp³-hybridized carbons (Fsp3) is 0.143. The Morgan fingerprint density at radius 1 is 1.04 bits per heavy atom. The lowest BCUT2D eigenvalue weighted by atomic mass is 10.2. The maximum Gasteiger partial charge on any atom is 0.234 e. The summed E-state index contributed by atoms with van der Waals surface area (Å²) in [4.78, 5) is 16.0. The molecule has 0 aliphatic rings. The van der Waals surface area contributed by atoms with Crippen LogP contribution in [0.5, 0.6) is 11.5 Å². The number of anilines is 1. The first-order chi connectivity index (χ1) is 12.7. The van der Waals surface area contributed by atoms with Gasteiger partial charge in [0.05, 0.1) is 5.75 Å². The molecule has 0 aliphatic heterocycles. The Hall–Kier alpha value is -2.79. The van der Waals surface area contributed by atoms with Gasteiger partial charge in [-0.2, -0.15) is 0 Å². The summed E-state index contributed by atoms with van der Waals surface area (Å²) in [7, 11) is 0. The molecule has 0 saturated heterocycles. The molecule has 2 aromatic carbocycles. The van der Waals surface area contributed by atoms with Crippen molar-refractivity contribution >= 4 is 23.4 Å². The molecule has 0 bridgehead atoms. The average molecular weight is 364 g/mol. The summed E-state index contributed by atoms with van der Waals surface area (Å²) in [5.74, 6) is 2.68. The zero-order valence-corrected chi connectivity index (χ0v) is 15.3. The average Bonchev–Trinajstić information content (AvgIpc) is 2.64. The predicted octanol–water partition coefficient (Wildman–Crippen LogP) is 5.05. The van der Waals surface area contributed by atoms with Gasteiger partial charge in [-0.1, -0.05) is 29.8 Å². The number of nitrogens with zero attached hydrogens (tertiary/aromatic N) is 1. The lowest BCUT2D eigenvalue weighted by molar-refractivity contribution is -0.113. The Kier molecular flexibility index (Phi) is 6.28. The number of rotatable bonds is 7. The van der Waals surface area contributed by atoms with Crippen LogP contribution in [-0.2, 0) is 10.5 Å². The van der Waals surface area contributed by atoms with Gasteiger partial charge in [0.2, 0.25) is 5.91 Å². The van der Waals surface area contributed by atoms with Gasteiger partial charge in [-0.3, -0.25) is 9.78 Å². The second kappa shape index (κ2) is 9.06. The first-order valence-corrected chi connectivity index (χ1v) is 9.45. The fourth-order valence-corrected chi connectivity index (χ4v) is 3.18. The summed E-state index contributed by atoms with van der Waals surface area (Å²) in [6.07, 6.45) is 3.36. The van der Waals surface area contributed by atoms with Crippen molar-refractivity contribution < 1.29 is 9.53 Å². The van der Waals surface area contributed by atoms with E-state index in [1.54, 1.807) is 36.3 Å². The largest absolute Gasteiger partial charge is 0.457 e. The molecule has 0 unspecified atom stereocenters. The lowest BCUT2D eigenvalue weighted by Gasteiger charge is -2.08. The van der Waals surface area contributed by atoms with E-state index >= 15 is 0 Å². The highest BCUT2D eigenvalue weighted by molar-refractivity contribution is 7.99. The van der Waals surface area contributed by atoms with Crippen molar-refractivity contribution in [3.8, 4) is 11.5 Å². The molecule has 1 heterocycles. The van der Waals surface area contributed by atoms with E-state index in [0.717, 1.165) is 17.2 Å². The van der Waals surface area contributed by atoms with E-state index in [2.05, 4.69) is 35.4 Å². The summed E-state index contributed by atoms with van der Waals surface area (Å²) in [5.41, 5.74) is 3.23. The molecular weight excluding hydrogens is 344 g/mol. The molecule has 3 aromatic rings. The fourth-order valence-electron chi connectivity index (χ4n) is 2.41. The molecule has 5 heteroatoms. The highest BCUT2D eigenvalue weighted by Crippen LogP contribution is 2.22. The predicted molar refractivity (Wildman–Crippen MR) is 107 cm³/mol. The van der Waals surface area contributed by atoms with Crippen LogP contribution in [0.15, 0.2) is 73.1 Å². The zero-order chi connectivity index (χ0) is 18.2. The number of hydrogen-bond donors (Lipinski definition) is 1. The number of carbonyl (C=O) groups is 1. The van der Waals surface area contributed by atoms with Crippen LogP contribution < -0.4 is 10.1 Å². The van der Waals surface area contributed by atoms with Crippen molar-refractivity contribution in [3.05, 3.63) is 84.2 Å². The van der Waals surface area contributed by atoms with E-state index in [9.17, 15) is 4.79 Å². The number of pyridine rings is 1. The Balaban J connectivity index is 1.45. The van der Waals surface area contributed by atoms with Gasteiger partial charge in [0.1, 0.15) is 11.5 Å². The number of thioether (sulfide) groups is 1. The van der Waals surface area contributed by atoms with Gasteiger partial charge < -0.3 is 10.1 Å². The molecule has 26 heavy (non-hydrogen) atoms. The quantitative estimate of drug-likeness (QED) is 0.637. The summed E-state index contributed by atoms with van der Waals surface area (Å²) < 4.78 is 5.71. The molecule has 0 spiro atoms. The zero-order valence-electron chi connectivity index (χ0n) is 14.5. The van der Waals surface area contributed by atoms with Crippen LogP contribution in [0.1, 0.15) is 11.1 Å². The molecule has 3 rings (SSSR count). The van der Waals surface area contributed by atoms with Gasteiger partial charge in [0, 0.05) is 23.8 Å². The van der Waals surface area contributed by atoms with E-state index in [0.29, 0.717) is 11.5 Å². The molecule has 0 atom stereocenters. The summed E-state index contributed by atoms with van der Waals surface area (Å²) in [5, 5.41) is 2.91. The van der Waals surface area contributed by atoms with Crippen LogP contribution in [0, 0.1) is 6.92 Å². The minimum atomic E-state index is -0.00884. The summed E-state index contributed by atoms with van der Waals surface area (Å²) in [6.45, 7) is 2.07. The molecule has 4 nitrogen and oxygen atoms in total. The van der Waals surface area contributed by atoms with Crippen LogP contribution in [0.2, 0.25) is 0 Å². The Morgan fingerprint density at radius 2 is 1.77 bits per heavy atom. The SMILES string of the molecule is Cc1cccc(CSCC(=O)Nc2ccc(Oc3ccncc3)cc2)c1. The third kappa shape index (κ3) is 5.63. The molecule has 1 aromatic heterocycles. The van der Waals surface area contributed by atoms with Crippen LogP contribution in [-0.4, -0.2) is 16.6 Å². The molecule has 0 saturated carbocycles. The topological polar surface area (TPSA) is 51.2 Å². The van der Waals surface area contributed by atoms with Gasteiger partial charge in [-0.05, 0) is 48.9 Å². The monoisotopic (exact) mass is 364 g/mol. The third-order valence-corrected chi connectivity index (χ3v) is 4.61. The standard InChI is InChI=1S/C21H20N2O2S/c1-16-3-2-4-17(13-16)14-26-15-21(24)23-18-5-7-19(8-6-18)25-20-9-11-22-12-10-20/h2-13H,14-15H2,1H3,(H,23,24). The highest BCUT2D eigenvalue weighted by Gasteiger charge is 2.04. The third-order valence-electron chi connectivity index (χ3n) is 3.61. The van der Waals surface area contributed by atoms with Crippen LogP contribution >= 0.6 is 11.8 Å². The Labute approximate surface area is 157 Å². The van der Waals surface area contributed by atoms with Crippen molar-refractivity contribution in [2.45, 2.75) is 12.7 Å². The van der Waals surface area contributed by atoms with Gasteiger partial charge in [0.25, 0.3) is 0 Å². The van der Waals surface area contributed by atoms with E-state index in [1.807, 2.05) is 30.3 Å². The molecule has 1 amide bonds. The van der Waals surface area contributed by atoms with Crippen molar-refractivity contribution in [2.75, 3.05) is 11.1 Å². The number of benzene rings is 2. The first kappa shape index (κ1) is 18.0. The minimum absolute atomic E-state index is 0.00884. The summed E-state index contributed by atoms with van der Waals surface area (Å²) in [6, 6.07) is 19.3. The number of nitrogens with one attached hydrogen (secondary N) is 1. The van der Waals surface area contributed by atoms with E-state index in [1.165, 1.54) is 11.1 Å². The molecule has 0 fully saturated rings. The Bertz CT molecular complexity index is 851. The van der Waals surface area contributed by atoms with Crippen molar-refractivity contribution in [2.24, 2.45) is 0 Å². The summed E-state index contributed by atoms with van der Waals surface area (Å²) >= 11 is 1.60. The first-order valence-electron chi connectivity index (χ1n) is 8.30. The molecule has 0 aliphatic carbocycles. The molecular formula is C21H20N2O2S. The van der Waals surface area contributed by atoms with E-state index in [-0.39, 0.29) is 5.91 Å². The smallest absolute Gasteiger partial charge is 0.234 e. The molecule has 132 valence electrons. The number of hydrogen-bond acceptors (Lipinski definition) is 4. The van der Waals surface area contributed by atoms with Crippen LogP contribution in [0.3, 0.4) is 0 Å². The van der Waals surface area contributed by atoms with Crippen LogP contribution in [0.4, 0.5) is 5.69 Å². The Morgan fingerprint density at radius 3 is 2.50 bits per heavy atom. The lowest BCUT2D eigenvalue weighted by Crippen LogP contribution is -2.14. The van der Waals surface area contributed by atoms with Gasteiger partial charge >= 0.3 is 0 Å². The van der Waals surface area contributed by atoms with Crippen molar-refractivity contribution in [1.82, 2.24) is 4.98 Å². The second-order valence-electron chi connectivity index (χ2n) is 5.84. The normalized spacial score (nSPS) is 10.3. The number of ether oxygens (including phenoxy) is 1. The maximum absolute atomic E-state index is 12.1. The maximum atomic E-state index is 12.1. The number of aryl methyl sites for hydroxylation is 1. The van der Waals surface area contributed by atoms with Gasteiger partial charge in [0.15, 0.2) is 0 Å². The highest BCUT2D eigenvalue weighted by atomic mass is 32.2. The van der Waals surface area contributed by atoms with Crippen molar-refractivity contribution in [3.63, 3.8) is 0 Å². The van der Waals surface area contributed by atoms with Gasteiger partial charge in [-0.25, -0.2) is 0 Å². The van der Waals surface area contributed by atoms with E-state index in [4.69, 9.17) is 4.74 Å². The minimum Gasteiger partial charge on any atom is -0.457 e. The van der Waals surface area contributed by atoms with E-state index < -0.39 is 0 Å².